The molecule has 0 atom stereocenters. The molecule has 5 heteroatoms. The van der Waals surface area contributed by atoms with E-state index in [0.29, 0.717) is 17.5 Å². The summed E-state index contributed by atoms with van der Waals surface area (Å²) in [6.45, 7) is 0. The first-order valence-electron chi connectivity index (χ1n) is 31.3. The Kier molecular flexibility index (Phi) is 13.5. The van der Waals surface area contributed by atoms with Gasteiger partial charge in [0.2, 0.25) is 0 Å². The molecule has 17 aromatic rings. The van der Waals surface area contributed by atoms with Crippen LogP contribution in [0.1, 0.15) is 0 Å². The van der Waals surface area contributed by atoms with E-state index < -0.39 is 0 Å². The van der Waals surface area contributed by atoms with Gasteiger partial charge in [0, 0.05) is 49.6 Å². The largest absolute Gasteiger partial charge is 0.309 e. The SMILES string of the molecule is c1ccc(-c2cc(-c3ccccc3)cc(-c3nc(-c4ccc(-c5cc(-c6ccc7c(c6)c6ccccc6n7-c6ccccc6)cc(-c6ccc7c(c6)c6ccccc6n7-c6ccccc6)c5)cc4)nc(-c4cc(-c5ccccc5)cc(-c5ccccc5)c4)n3)c2)cc1. The third-order valence-corrected chi connectivity index (χ3v) is 17.9. The average Bonchev–Trinajstić information content (AvgIpc) is 1.60. The van der Waals surface area contributed by atoms with Gasteiger partial charge in [-0.25, -0.2) is 15.0 Å². The fraction of sp³-hybridized carbons (Fsp3) is 0. The summed E-state index contributed by atoms with van der Waals surface area (Å²) in [5, 5.41) is 4.84. The zero-order valence-corrected chi connectivity index (χ0v) is 50.1. The molecule has 0 aliphatic carbocycles. The molecule has 0 bridgehead atoms. The Morgan fingerprint density at radius 2 is 0.391 bits per heavy atom. The summed E-state index contributed by atoms with van der Waals surface area (Å²) < 4.78 is 4.76. The molecule has 0 aliphatic heterocycles. The Morgan fingerprint density at radius 3 is 0.739 bits per heavy atom. The molecule has 0 spiro atoms. The van der Waals surface area contributed by atoms with Gasteiger partial charge in [0.25, 0.3) is 0 Å². The summed E-state index contributed by atoms with van der Waals surface area (Å²) in [6, 6.07) is 124. The van der Waals surface area contributed by atoms with Crippen molar-refractivity contribution in [2.45, 2.75) is 0 Å². The zero-order valence-electron chi connectivity index (χ0n) is 50.1. The van der Waals surface area contributed by atoms with Crippen LogP contribution in [0.3, 0.4) is 0 Å². The summed E-state index contributed by atoms with van der Waals surface area (Å²) >= 11 is 0. The van der Waals surface area contributed by atoms with E-state index in [1.807, 2.05) is 0 Å². The minimum absolute atomic E-state index is 0.578. The summed E-state index contributed by atoms with van der Waals surface area (Å²) in [5.41, 5.74) is 25.1. The van der Waals surface area contributed by atoms with E-state index in [1.54, 1.807) is 0 Å². The van der Waals surface area contributed by atoms with E-state index in [4.69, 9.17) is 15.0 Å². The number of fused-ring (bicyclic) bond motifs is 6. The van der Waals surface area contributed by atoms with Gasteiger partial charge in [0.05, 0.1) is 22.1 Å². The Labute approximate surface area is 533 Å². The number of aromatic nitrogens is 5. The van der Waals surface area contributed by atoms with Gasteiger partial charge in [-0.3, -0.25) is 0 Å². The highest BCUT2D eigenvalue weighted by Gasteiger charge is 2.20. The van der Waals surface area contributed by atoms with Gasteiger partial charge in [0.1, 0.15) is 0 Å². The first kappa shape index (κ1) is 53.9. The number of hydrogen-bond acceptors (Lipinski definition) is 3. The summed E-state index contributed by atoms with van der Waals surface area (Å²) in [6.07, 6.45) is 0. The van der Waals surface area contributed by atoms with E-state index in [9.17, 15) is 0 Å². The maximum absolute atomic E-state index is 5.46. The molecule has 0 amide bonds. The second-order valence-electron chi connectivity index (χ2n) is 23.6. The highest BCUT2D eigenvalue weighted by molar-refractivity contribution is 6.12. The van der Waals surface area contributed by atoms with E-state index in [1.165, 1.54) is 43.6 Å². The lowest BCUT2D eigenvalue weighted by Gasteiger charge is -2.14. The van der Waals surface area contributed by atoms with Crippen molar-refractivity contribution >= 4 is 43.6 Å². The molecule has 17 rings (SSSR count). The van der Waals surface area contributed by atoms with Crippen LogP contribution < -0.4 is 0 Å². The molecular weight excluding hydrogens is 1110 g/mol. The number of hydrogen-bond donors (Lipinski definition) is 0. The van der Waals surface area contributed by atoms with Crippen LogP contribution in [0.25, 0.3) is 167 Å². The van der Waals surface area contributed by atoms with Crippen LogP contribution in [-0.4, -0.2) is 24.1 Å². The van der Waals surface area contributed by atoms with Crippen molar-refractivity contribution in [3.8, 4) is 123 Å². The highest BCUT2D eigenvalue weighted by Crippen LogP contribution is 2.42. The fourth-order valence-corrected chi connectivity index (χ4v) is 13.4. The zero-order chi connectivity index (χ0) is 60.9. The molecule has 0 aliphatic rings. The summed E-state index contributed by atoms with van der Waals surface area (Å²) in [5.74, 6) is 1.75. The molecular formula is C87H57N5. The molecule has 92 heavy (non-hydrogen) atoms. The molecule has 3 heterocycles. The minimum atomic E-state index is 0.578. The van der Waals surface area contributed by atoms with Crippen LogP contribution >= 0.6 is 0 Å². The Morgan fingerprint density at radius 1 is 0.152 bits per heavy atom. The first-order chi connectivity index (χ1) is 45.6. The van der Waals surface area contributed by atoms with Crippen molar-refractivity contribution in [2.75, 3.05) is 0 Å². The van der Waals surface area contributed by atoms with E-state index in [2.05, 4.69) is 355 Å². The molecule has 14 aromatic carbocycles. The van der Waals surface area contributed by atoms with Crippen molar-refractivity contribution in [1.82, 2.24) is 24.1 Å². The van der Waals surface area contributed by atoms with Crippen LogP contribution in [0.2, 0.25) is 0 Å². The molecule has 5 nitrogen and oxygen atoms in total. The number of rotatable bonds is 12. The third kappa shape index (κ3) is 10.0. The van der Waals surface area contributed by atoms with Crippen LogP contribution in [0, 0.1) is 0 Å². The van der Waals surface area contributed by atoms with Gasteiger partial charge in [-0.05, 0) is 193 Å². The van der Waals surface area contributed by atoms with Gasteiger partial charge >= 0.3 is 0 Å². The number of benzene rings is 14. The lowest BCUT2D eigenvalue weighted by atomic mass is 9.92. The summed E-state index contributed by atoms with van der Waals surface area (Å²) in [7, 11) is 0. The molecule has 0 unspecified atom stereocenters. The van der Waals surface area contributed by atoms with Crippen LogP contribution in [0.5, 0.6) is 0 Å². The molecule has 430 valence electrons. The van der Waals surface area contributed by atoms with Crippen molar-refractivity contribution in [3.63, 3.8) is 0 Å². The van der Waals surface area contributed by atoms with Crippen molar-refractivity contribution in [1.29, 1.82) is 0 Å². The van der Waals surface area contributed by atoms with Crippen molar-refractivity contribution < 1.29 is 0 Å². The lowest BCUT2D eigenvalue weighted by molar-refractivity contribution is 1.07. The Hall–Kier alpha value is -12.3. The predicted molar refractivity (Wildman–Crippen MR) is 383 cm³/mol. The molecule has 0 radical (unpaired) electrons. The highest BCUT2D eigenvalue weighted by atomic mass is 15.0. The smallest absolute Gasteiger partial charge is 0.164 e. The average molecular weight is 1170 g/mol. The minimum Gasteiger partial charge on any atom is -0.309 e. The maximum atomic E-state index is 5.46. The second kappa shape index (κ2) is 23.0. The van der Waals surface area contributed by atoms with Gasteiger partial charge in [-0.15, -0.1) is 0 Å². The third-order valence-electron chi connectivity index (χ3n) is 17.9. The van der Waals surface area contributed by atoms with Crippen LogP contribution in [-0.2, 0) is 0 Å². The molecule has 0 fully saturated rings. The topological polar surface area (TPSA) is 48.5 Å². The number of nitrogens with zero attached hydrogens (tertiary/aromatic N) is 5. The predicted octanol–water partition coefficient (Wildman–Crippen LogP) is 22.7. The second-order valence-corrected chi connectivity index (χ2v) is 23.6. The molecule has 0 saturated heterocycles. The molecule has 0 saturated carbocycles. The van der Waals surface area contributed by atoms with E-state index >= 15 is 0 Å². The Balaban J connectivity index is 0.839. The Bertz CT molecular complexity index is 5150. The fourth-order valence-electron chi connectivity index (χ4n) is 13.4. The quantitative estimate of drug-likeness (QED) is 0.122. The first-order valence-corrected chi connectivity index (χ1v) is 31.3. The van der Waals surface area contributed by atoms with E-state index in [-0.39, 0.29) is 0 Å². The summed E-state index contributed by atoms with van der Waals surface area (Å²) in [4.78, 5) is 16.4. The van der Waals surface area contributed by atoms with Crippen molar-refractivity contribution in [2.24, 2.45) is 0 Å². The normalized spacial score (nSPS) is 11.5. The van der Waals surface area contributed by atoms with Crippen LogP contribution in [0.15, 0.2) is 346 Å². The maximum Gasteiger partial charge on any atom is 0.164 e. The van der Waals surface area contributed by atoms with E-state index in [0.717, 1.165) is 106 Å². The standard InChI is InChI=1S/C87H57N5/c1-7-23-58(24-8-1)67-47-68(59-25-9-2-10-26-59)53-73(52-67)86-88-85(89-87(90-86)74-54-69(60-27-11-3-12-28-60)48-70(55-74)61-29-13-4-14-30-61)63-41-39-62(40-42-63)66-49-71(64-43-45-83-79(56-64)77-35-19-21-37-81(77)91(83)75-31-15-5-16-32-75)51-72(50-66)65-44-46-84-80(57-65)78-36-20-22-38-82(78)92(84)76-33-17-6-18-34-76/h1-57H. The van der Waals surface area contributed by atoms with Gasteiger partial charge < -0.3 is 9.13 Å². The van der Waals surface area contributed by atoms with Gasteiger partial charge in [-0.2, -0.15) is 0 Å². The molecule has 0 N–H and O–H groups in total. The van der Waals surface area contributed by atoms with Crippen molar-refractivity contribution in [3.05, 3.63) is 346 Å². The number of para-hydroxylation sites is 4. The van der Waals surface area contributed by atoms with Crippen LogP contribution in [0.4, 0.5) is 0 Å². The van der Waals surface area contributed by atoms with Gasteiger partial charge in [0.15, 0.2) is 17.5 Å². The van der Waals surface area contributed by atoms with Gasteiger partial charge in [-0.1, -0.05) is 231 Å². The lowest BCUT2D eigenvalue weighted by Crippen LogP contribution is -2.01. The molecule has 3 aromatic heterocycles. The monoisotopic (exact) mass is 1170 g/mol.